The molecule has 7 heteroatoms. The molecule has 0 aliphatic heterocycles. The molecule has 19 heavy (non-hydrogen) atoms. The number of nitrogens with one attached hydrogen (secondary N) is 1. The van der Waals surface area contributed by atoms with Crippen molar-refractivity contribution < 1.29 is 13.2 Å². The Balaban J connectivity index is 2.73. The van der Waals surface area contributed by atoms with Gasteiger partial charge in [0.2, 0.25) is 10.0 Å². The number of rotatable bonds is 6. The van der Waals surface area contributed by atoms with Gasteiger partial charge in [0.05, 0.1) is 28.2 Å². The quantitative estimate of drug-likeness (QED) is 0.814. The second-order valence-electron chi connectivity index (χ2n) is 4.07. The molecule has 5 nitrogen and oxygen atoms in total. The Morgan fingerprint density at radius 3 is 2.68 bits per heavy atom. The average molecular weight is 303 g/mol. The number of hydrogen-bond acceptors (Lipinski definition) is 4. The molecule has 104 valence electrons. The summed E-state index contributed by atoms with van der Waals surface area (Å²) >= 11 is 5.80. The normalized spacial score (nSPS) is 11.5. The SMILES string of the molecule is CC(C)OCCNS(=O)(=O)c1ccc(C#N)c(Cl)c1. The first-order valence-corrected chi connectivity index (χ1v) is 7.54. The summed E-state index contributed by atoms with van der Waals surface area (Å²) in [4.78, 5) is 0.0287. The molecule has 1 aromatic rings. The first-order valence-electron chi connectivity index (χ1n) is 5.67. The van der Waals surface area contributed by atoms with Crippen LogP contribution in [-0.4, -0.2) is 27.7 Å². The third-order valence-corrected chi connectivity index (χ3v) is 3.99. The van der Waals surface area contributed by atoms with E-state index in [0.717, 1.165) is 0 Å². The Hall–Kier alpha value is -1.13. The first-order chi connectivity index (χ1) is 8.86. The average Bonchev–Trinajstić information content (AvgIpc) is 2.34. The molecule has 0 unspecified atom stereocenters. The molecule has 0 saturated heterocycles. The molecule has 0 aromatic heterocycles. The van der Waals surface area contributed by atoms with Crippen molar-refractivity contribution in [2.75, 3.05) is 13.2 Å². The van der Waals surface area contributed by atoms with E-state index in [-0.39, 0.29) is 28.1 Å². The van der Waals surface area contributed by atoms with Gasteiger partial charge >= 0.3 is 0 Å². The Morgan fingerprint density at radius 1 is 1.47 bits per heavy atom. The molecule has 1 rings (SSSR count). The molecule has 0 aliphatic carbocycles. The van der Waals surface area contributed by atoms with Crippen molar-refractivity contribution in [1.82, 2.24) is 4.72 Å². The molecule has 0 heterocycles. The van der Waals surface area contributed by atoms with E-state index in [1.54, 1.807) is 0 Å². The smallest absolute Gasteiger partial charge is 0.240 e. The Bertz CT molecular complexity index is 579. The zero-order valence-electron chi connectivity index (χ0n) is 10.7. The van der Waals surface area contributed by atoms with E-state index in [2.05, 4.69) is 4.72 Å². The van der Waals surface area contributed by atoms with Gasteiger partial charge in [-0.3, -0.25) is 0 Å². The highest BCUT2D eigenvalue weighted by Gasteiger charge is 2.15. The summed E-state index contributed by atoms with van der Waals surface area (Å²) in [6.07, 6.45) is 0.0499. The lowest BCUT2D eigenvalue weighted by Gasteiger charge is -2.09. The second-order valence-corrected chi connectivity index (χ2v) is 6.24. The Morgan fingerprint density at radius 2 is 2.16 bits per heavy atom. The lowest BCUT2D eigenvalue weighted by molar-refractivity contribution is 0.0834. The summed E-state index contributed by atoms with van der Waals surface area (Å²) < 4.78 is 31.5. The van der Waals surface area contributed by atoms with E-state index in [1.807, 2.05) is 19.9 Å². The molecule has 0 amide bonds. The van der Waals surface area contributed by atoms with Crippen molar-refractivity contribution in [2.24, 2.45) is 0 Å². The number of benzene rings is 1. The van der Waals surface area contributed by atoms with Crippen LogP contribution in [0.3, 0.4) is 0 Å². The van der Waals surface area contributed by atoms with E-state index < -0.39 is 10.0 Å². The minimum Gasteiger partial charge on any atom is -0.377 e. The van der Waals surface area contributed by atoms with Gasteiger partial charge in [0.1, 0.15) is 6.07 Å². The highest BCUT2D eigenvalue weighted by molar-refractivity contribution is 7.89. The van der Waals surface area contributed by atoms with Crippen LogP contribution in [0.2, 0.25) is 5.02 Å². The molecule has 1 N–H and O–H groups in total. The van der Waals surface area contributed by atoms with Crippen molar-refractivity contribution in [1.29, 1.82) is 5.26 Å². The largest absolute Gasteiger partial charge is 0.377 e. The Kier molecular flexibility index (Phi) is 5.76. The monoisotopic (exact) mass is 302 g/mol. The van der Waals surface area contributed by atoms with Crippen LogP contribution in [0.4, 0.5) is 0 Å². The number of sulfonamides is 1. The molecule has 0 saturated carbocycles. The van der Waals surface area contributed by atoms with Crippen molar-refractivity contribution >= 4 is 21.6 Å². The van der Waals surface area contributed by atoms with Gasteiger partial charge in [0.15, 0.2) is 0 Å². The summed E-state index contributed by atoms with van der Waals surface area (Å²) in [5.74, 6) is 0. The third-order valence-electron chi connectivity index (χ3n) is 2.22. The predicted octanol–water partition coefficient (Wildman–Crippen LogP) is 1.91. The maximum atomic E-state index is 11.9. The zero-order valence-corrected chi connectivity index (χ0v) is 12.3. The van der Waals surface area contributed by atoms with E-state index >= 15 is 0 Å². The van der Waals surface area contributed by atoms with Crippen LogP contribution in [0.15, 0.2) is 23.1 Å². The molecule has 0 fully saturated rings. The minimum atomic E-state index is -3.63. The van der Waals surface area contributed by atoms with Gasteiger partial charge in [0.25, 0.3) is 0 Å². The summed E-state index contributed by atoms with van der Waals surface area (Å²) in [5.41, 5.74) is 0.240. The fraction of sp³-hybridized carbons (Fsp3) is 0.417. The predicted molar refractivity (Wildman–Crippen MR) is 72.4 cm³/mol. The number of ether oxygens (including phenoxy) is 1. The topological polar surface area (TPSA) is 79.2 Å². The number of halogens is 1. The number of nitriles is 1. The van der Waals surface area contributed by atoms with Crippen LogP contribution in [-0.2, 0) is 14.8 Å². The van der Waals surface area contributed by atoms with Crippen LogP contribution in [0.5, 0.6) is 0 Å². The van der Waals surface area contributed by atoms with E-state index in [1.165, 1.54) is 18.2 Å². The summed E-state index contributed by atoms with van der Waals surface area (Å²) in [6, 6.07) is 5.85. The zero-order chi connectivity index (χ0) is 14.5. The standard InChI is InChI=1S/C12H15ClN2O3S/c1-9(2)18-6-5-15-19(16,17)11-4-3-10(8-14)12(13)7-11/h3-4,7,9,15H,5-6H2,1-2H3. The van der Waals surface area contributed by atoms with E-state index in [4.69, 9.17) is 21.6 Å². The van der Waals surface area contributed by atoms with Crippen molar-refractivity contribution in [2.45, 2.75) is 24.8 Å². The van der Waals surface area contributed by atoms with Gasteiger partial charge in [-0.15, -0.1) is 0 Å². The van der Waals surface area contributed by atoms with Crippen LogP contribution < -0.4 is 4.72 Å². The maximum Gasteiger partial charge on any atom is 0.240 e. The van der Waals surface area contributed by atoms with Crippen molar-refractivity contribution in [3.8, 4) is 6.07 Å². The third kappa shape index (κ3) is 4.80. The molecule has 0 bridgehead atoms. The minimum absolute atomic E-state index is 0.0287. The highest BCUT2D eigenvalue weighted by atomic mass is 35.5. The summed E-state index contributed by atoms with van der Waals surface area (Å²) in [7, 11) is -3.63. The molecule has 0 spiro atoms. The fourth-order valence-corrected chi connectivity index (χ4v) is 2.63. The molecule has 0 radical (unpaired) electrons. The van der Waals surface area contributed by atoms with Gasteiger partial charge in [0, 0.05) is 6.54 Å². The molecule has 0 aliphatic rings. The van der Waals surface area contributed by atoms with Gasteiger partial charge in [-0.25, -0.2) is 13.1 Å². The second kappa shape index (κ2) is 6.87. The molecular formula is C12H15ClN2O3S. The fourth-order valence-electron chi connectivity index (χ4n) is 1.31. The van der Waals surface area contributed by atoms with Gasteiger partial charge in [-0.2, -0.15) is 5.26 Å². The van der Waals surface area contributed by atoms with Gasteiger partial charge in [-0.1, -0.05) is 11.6 Å². The van der Waals surface area contributed by atoms with E-state index in [0.29, 0.717) is 6.61 Å². The van der Waals surface area contributed by atoms with Crippen LogP contribution in [0.25, 0.3) is 0 Å². The molecular weight excluding hydrogens is 288 g/mol. The number of hydrogen-bond donors (Lipinski definition) is 1. The van der Waals surface area contributed by atoms with Gasteiger partial charge in [-0.05, 0) is 32.0 Å². The van der Waals surface area contributed by atoms with Crippen LogP contribution in [0.1, 0.15) is 19.4 Å². The van der Waals surface area contributed by atoms with Crippen LogP contribution >= 0.6 is 11.6 Å². The summed E-state index contributed by atoms with van der Waals surface area (Å²) in [6.45, 7) is 4.21. The van der Waals surface area contributed by atoms with Crippen LogP contribution in [0, 0.1) is 11.3 Å². The Labute approximate surface area is 118 Å². The molecule has 0 atom stereocenters. The van der Waals surface area contributed by atoms with Crippen molar-refractivity contribution in [3.63, 3.8) is 0 Å². The number of nitrogens with zero attached hydrogens (tertiary/aromatic N) is 1. The highest BCUT2D eigenvalue weighted by Crippen LogP contribution is 2.19. The van der Waals surface area contributed by atoms with E-state index in [9.17, 15) is 8.42 Å². The lowest BCUT2D eigenvalue weighted by Crippen LogP contribution is -2.28. The lowest BCUT2D eigenvalue weighted by atomic mass is 10.2. The first kappa shape index (κ1) is 15.9. The van der Waals surface area contributed by atoms with Gasteiger partial charge < -0.3 is 4.74 Å². The maximum absolute atomic E-state index is 11.9. The molecule has 1 aromatic carbocycles. The van der Waals surface area contributed by atoms with Crippen molar-refractivity contribution in [3.05, 3.63) is 28.8 Å². The summed E-state index contributed by atoms with van der Waals surface area (Å²) in [5, 5.41) is 8.84.